The van der Waals surface area contributed by atoms with Gasteiger partial charge < -0.3 is 19.1 Å². The lowest BCUT2D eigenvalue weighted by Crippen LogP contribution is -2.54. The molecule has 3 amide bonds. The first-order valence-corrected chi connectivity index (χ1v) is 9.49. The van der Waals surface area contributed by atoms with Crippen LogP contribution in [-0.4, -0.2) is 71.7 Å². The average molecular weight is 363 g/mol. The minimum absolute atomic E-state index is 0.180. The van der Waals surface area contributed by atoms with Crippen molar-refractivity contribution >= 4 is 17.7 Å². The first kappa shape index (κ1) is 20.0. The lowest BCUT2D eigenvalue weighted by atomic mass is 10.2. The Kier molecular flexibility index (Phi) is 7.69. The fourth-order valence-electron chi connectivity index (χ4n) is 2.95. The van der Waals surface area contributed by atoms with Gasteiger partial charge in [-0.25, -0.2) is 0 Å². The van der Waals surface area contributed by atoms with Gasteiger partial charge in [-0.2, -0.15) is 0 Å². The first-order chi connectivity index (χ1) is 12.6. The van der Waals surface area contributed by atoms with E-state index in [1.165, 1.54) is 6.26 Å². The summed E-state index contributed by atoms with van der Waals surface area (Å²) in [5.74, 6) is -0.757. The molecule has 7 heteroatoms. The molecule has 2 heterocycles. The molecule has 0 aromatic carbocycles. The quantitative estimate of drug-likeness (QED) is 0.695. The Bertz CT molecular complexity index is 584. The summed E-state index contributed by atoms with van der Waals surface area (Å²) in [6.07, 6.45) is 5.23. The van der Waals surface area contributed by atoms with Gasteiger partial charge >= 0.3 is 11.8 Å². The summed E-state index contributed by atoms with van der Waals surface area (Å²) in [4.78, 5) is 42.3. The summed E-state index contributed by atoms with van der Waals surface area (Å²) in [6, 6.07) is 3.30. The van der Waals surface area contributed by atoms with Gasteiger partial charge in [-0.3, -0.25) is 14.4 Å². The van der Waals surface area contributed by atoms with E-state index in [0.29, 0.717) is 45.0 Å². The highest BCUT2D eigenvalue weighted by molar-refractivity contribution is 6.34. The summed E-state index contributed by atoms with van der Waals surface area (Å²) in [5, 5.41) is 0. The second kappa shape index (κ2) is 9.99. The summed E-state index contributed by atoms with van der Waals surface area (Å²) >= 11 is 0. The van der Waals surface area contributed by atoms with Crippen LogP contribution < -0.4 is 0 Å². The second-order valence-corrected chi connectivity index (χ2v) is 6.56. The maximum atomic E-state index is 12.6. The van der Waals surface area contributed by atoms with Gasteiger partial charge in [-0.1, -0.05) is 26.7 Å². The summed E-state index contributed by atoms with van der Waals surface area (Å²) in [5.41, 5.74) is 0. The van der Waals surface area contributed by atoms with Crippen LogP contribution in [0.4, 0.5) is 0 Å². The number of carbonyl (C=O) groups is 3. The molecule has 1 aliphatic rings. The van der Waals surface area contributed by atoms with E-state index in [1.54, 1.807) is 26.8 Å². The van der Waals surface area contributed by atoms with Gasteiger partial charge in [0.15, 0.2) is 5.76 Å². The van der Waals surface area contributed by atoms with Gasteiger partial charge in [0.2, 0.25) is 0 Å². The van der Waals surface area contributed by atoms with E-state index in [1.807, 2.05) is 0 Å². The van der Waals surface area contributed by atoms with E-state index in [4.69, 9.17) is 4.42 Å². The molecule has 7 nitrogen and oxygen atoms in total. The molecule has 0 atom stereocenters. The summed E-state index contributed by atoms with van der Waals surface area (Å²) < 4.78 is 5.13. The van der Waals surface area contributed by atoms with Gasteiger partial charge in [-0.05, 0) is 25.0 Å². The predicted molar refractivity (Wildman–Crippen MR) is 97.6 cm³/mol. The van der Waals surface area contributed by atoms with Crippen LogP contribution in [0.3, 0.4) is 0 Å². The monoisotopic (exact) mass is 363 g/mol. The van der Waals surface area contributed by atoms with Crippen LogP contribution in [0.15, 0.2) is 22.8 Å². The van der Waals surface area contributed by atoms with E-state index >= 15 is 0 Å². The SMILES string of the molecule is CCCCN(CCCC)C(=O)C(=O)N1CCN(C(=O)c2ccco2)CC1. The number of furan rings is 1. The average Bonchev–Trinajstić information content (AvgIpc) is 3.21. The van der Waals surface area contributed by atoms with Crippen LogP contribution in [0, 0.1) is 0 Å². The molecule has 2 rings (SSSR count). The maximum absolute atomic E-state index is 12.6. The van der Waals surface area contributed by atoms with Crippen LogP contribution in [0.1, 0.15) is 50.1 Å². The van der Waals surface area contributed by atoms with E-state index in [-0.39, 0.29) is 5.91 Å². The molecule has 0 radical (unpaired) electrons. The molecule has 1 fully saturated rings. The third-order valence-electron chi connectivity index (χ3n) is 4.62. The normalized spacial score (nSPS) is 14.4. The molecular weight excluding hydrogens is 334 g/mol. The maximum Gasteiger partial charge on any atom is 0.312 e. The molecule has 1 aromatic rings. The van der Waals surface area contributed by atoms with Crippen molar-refractivity contribution in [2.45, 2.75) is 39.5 Å². The van der Waals surface area contributed by atoms with Crippen LogP contribution in [-0.2, 0) is 9.59 Å². The number of piperazine rings is 1. The van der Waals surface area contributed by atoms with Gasteiger partial charge in [0.1, 0.15) is 0 Å². The third-order valence-corrected chi connectivity index (χ3v) is 4.62. The second-order valence-electron chi connectivity index (χ2n) is 6.56. The summed E-state index contributed by atoms with van der Waals surface area (Å²) in [7, 11) is 0. The Labute approximate surface area is 154 Å². The molecular formula is C19H29N3O4. The van der Waals surface area contributed by atoms with Crippen molar-refractivity contribution in [2.24, 2.45) is 0 Å². The zero-order valence-electron chi connectivity index (χ0n) is 15.8. The third kappa shape index (κ3) is 5.09. The number of unbranched alkanes of at least 4 members (excludes halogenated alkanes) is 2. The highest BCUT2D eigenvalue weighted by Gasteiger charge is 2.31. The Morgan fingerprint density at radius 1 is 1.00 bits per heavy atom. The smallest absolute Gasteiger partial charge is 0.312 e. The predicted octanol–water partition coefficient (Wildman–Crippen LogP) is 1.99. The minimum atomic E-state index is -0.456. The van der Waals surface area contributed by atoms with E-state index in [2.05, 4.69) is 13.8 Å². The number of rotatable bonds is 7. The summed E-state index contributed by atoms with van der Waals surface area (Å²) in [6.45, 7) is 6.93. The molecule has 0 saturated carbocycles. The molecule has 26 heavy (non-hydrogen) atoms. The zero-order chi connectivity index (χ0) is 18.9. The Hall–Kier alpha value is -2.31. The molecule has 0 spiro atoms. The van der Waals surface area contributed by atoms with E-state index < -0.39 is 11.8 Å². The number of amides is 3. The van der Waals surface area contributed by atoms with E-state index in [0.717, 1.165) is 25.7 Å². The van der Waals surface area contributed by atoms with Gasteiger partial charge in [0.25, 0.3) is 5.91 Å². The van der Waals surface area contributed by atoms with Crippen molar-refractivity contribution in [1.29, 1.82) is 0 Å². The minimum Gasteiger partial charge on any atom is -0.459 e. The van der Waals surface area contributed by atoms with Gasteiger partial charge in [0, 0.05) is 39.3 Å². The Morgan fingerprint density at radius 3 is 2.08 bits per heavy atom. The molecule has 1 aliphatic heterocycles. The molecule has 0 aliphatic carbocycles. The van der Waals surface area contributed by atoms with Crippen molar-refractivity contribution in [1.82, 2.24) is 14.7 Å². The number of hydrogen-bond donors (Lipinski definition) is 0. The lowest BCUT2D eigenvalue weighted by Gasteiger charge is -2.35. The molecule has 1 saturated heterocycles. The van der Waals surface area contributed by atoms with Crippen molar-refractivity contribution in [3.05, 3.63) is 24.2 Å². The fourth-order valence-corrected chi connectivity index (χ4v) is 2.95. The largest absolute Gasteiger partial charge is 0.459 e. The van der Waals surface area contributed by atoms with Crippen LogP contribution in [0.25, 0.3) is 0 Å². The Balaban J connectivity index is 1.89. The van der Waals surface area contributed by atoms with Crippen LogP contribution in [0.2, 0.25) is 0 Å². The van der Waals surface area contributed by atoms with Gasteiger partial charge in [-0.15, -0.1) is 0 Å². The fraction of sp³-hybridized carbons (Fsp3) is 0.632. The van der Waals surface area contributed by atoms with Crippen LogP contribution >= 0.6 is 0 Å². The Morgan fingerprint density at radius 2 is 1.58 bits per heavy atom. The number of carbonyl (C=O) groups excluding carboxylic acids is 3. The van der Waals surface area contributed by atoms with Crippen LogP contribution in [0.5, 0.6) is 0 Å². The lowest BCUT2D eigenvalue weighted by molar-refractivity contribution is -0.152. The first-order valence-electron chi connectivity index (χ1n) is 9.49. The molecule has 0 unspecified atom stereocenters. The van der Waals surface area contributed by atoms with Crippen molar-refractivity contribution in [3.8, 4) is 0 Å². The topological polar surface area (TPSA) is 74.1 Å². The van der Waals surface area contributed by atoms with Crippen molar-refractivity contribution in [3.63, 3.8) is 0 Å². The number of nitrogens with zero attached hydrogens (tertiary/aromatic N) is 3. The van der Waals surface area contributed by atoms with E-state index in [9.17, 15) is 14.4 Å². The molecule has 0 bridgehead atoms. The van der Waals surface area contributed by atoms with Gasteiger partial charge in [0.05, 0.1) is 6.26 Å². The molecule has 1 aromatic heterocycles. The molecule has 0 N–H and O–H groups in total. The standard InChI is InChI=1S/C19H29N3O4/c1-3-5-9-20(10-6-4-2)18(24)19(25)22-13-11-21(12-14-22)17(23)16-8-7-15-26-16/h7-8,15H,3-6,9-14H2,1-2H3. The number of hydrogen-bond acceptors (Lipinski definition) is 4. The van der Waals surface area contributed by atoms with Crippen molar-refractivity contribution < 1.29 is 18.8 Å². The highest BCUT2D eigenvalue weighted by atomic mass is 16.3. The highest BCUT2D eigenvalue weighted by Crippen LogP contribution is 2.11. The zero-order valence-corrected chi connectivity index (χ0v) is 15.8. The van der Waals surface area contributed by atoms with Crippen molar-refractivity contribution in [2.75, 3.05) is 39.3 Å². The molecule has 144 valence electrons.